The van der Waals surface area contributed by atoms with Crippen LogP contribution in [-0.4, -0.2) is 49.3 Å². The summed E-state index contributed by atoms with van der Waals surface area (Å²) in [4.78, 5) is 0. The molecule has 0 saturated heterocycles. The van der Waals surface area contributed by atoms with Crippen molar-refractivity contribution in [2.24, 2.45) is 0 Å². The third-order valence-corrected chi connectivity index (χ3v) is 44.1. The summed E-state index contributed by atoms with van der Waals surface area (Å²) in [7, 11) is 0. The van der Waals surface area contributed by atoms with Crippen LogP contribution < -0.4 is 0 Å². The van der Waals surface area contributed by atoms with Gasteiger partial charge in [0.05, 0.1) is 0 Å². The summed E-state index contributed by atoms with van der Waals surface area (Å²) in [5.41, 5.74) is 0. The quantitative estimate of drug-likeness (QED) is 0.0444. The van der Waals surface area contributed by atoms with Crippen molar-refractivity contribution in [2.75, 3.05) is 49.3 Å². The summed E-state index contributed by atoms with van der Waals surface area (Å²) >= 11 is 0. The van der Waals surface area contributed by atoms with Gasteiger partial charge in [-0.05, 0) is 0 Å². The van der Waals surface area contributed by atoms with Gasteiger partial charge in [0.1, 0.15) is 0 Å². The van der Waals surface area contributed by atoms with Crippen LogP contribution in [-0.2, 0) is 0 Å². The Kier molecular flexibility index (Phi) is 30.0. The van der Waals surface area contributed by atoms with Crippen molar-refractivity contribution in [3.8, 4) is 0 Å². The van der Waals surface area contributed by atoms with Crippen molar-refractivity contribution < 1.29 is 0 Å². The fourth-order valence-corrected chi connectivity index (χ4v) is 42.6. The van der Waals surface area contributed by atoms with Crippen LogP contribution >= 0.6 is 12.6 Å². The van der Waals surface area contributed by atoms with Crippen LogP contribution in [0.3, 0.4) is 0 Å². The Hall–Kier alpha value is 0.860. The molecule has 0 aliphatic heterocycles. The molecule has 0 aromatic rings. The standard InChI is InChI=1S/C45H98P2/c1-9-17-23-27-31-37-43-46(15-7,40-34-21-13-5,42-36-30-26-20-12-4)47(16-8,41-35-22-14-6,44-38-32-28-24-18-10-2)45-39-33-29-25-19-11-3/h9-45H2,1-8H3. The van der Waals surface area contributed by atoms with E-state index in [-0.39, 0.29) is 0 Å². The molecule has 0 aromatic heterocycles. The van der Waals surface area contributed by atoms with Crippen molar-refractivity contribution in [3.63, 3.8) is 0 Å². The molecular weight excluding hydrogens is 602 g/mol. The zero-order valence-electron chi connectivity index (χ0n) is 35.1. The van der Waals surface area contributed by atoms with Crippen LogP contribution in [0.25, 0.3) is 0 Å². The van der Waals surface area contributed by atoms with Gasteiger partial charge in [0.25, 0.3) is 0 Å². The van der Waals surface area contributed by atoms with E-state index in [0.29, 0.717) is 0 Å². The molecule has 0 saturated carbocycles. The zero-order chi connectivity index (χ0) is 35.1. The number of hydrogen-bond donors (Lipinski definition) is 0. The molecule has 0 heterocycles. The third-order valence-electron chi connectivity index (χ3n) is 14.0. The van der Waals surface area contributed by atoms with Gasteiger partial charge in [-0.15, -0.1) is 0 Å². The first kappa shape index (κ1) is 47.9. The topological polar surface area (TPSA) is 0 Å². The fraction of sp³-hybridized carbons (Fsp3) is 1.00. The maximum absolute atomic E-state index is 2.83. The summed E-state index contributed by atoms with van der Waals surface area (Å²) in [5.74, 6) is 0. The molecule has 0 bridgehead atoms. The van der Waals surface area contributed by atoms with E-state index in [0.717, 1.165) is 0 Å². The third kappa shape index (κ3) is 15.6. The summed E-state index contributed by atoms with van der Waals surface area (Å²) in [5, 5.41) is 0. The SMILES string of the molecule is CCCCCCCCP(CC)(CCCCC)(CCCCCCC)P(CC)(CCCCC)(CCCCCCCC)CCCCCCCC. The molecule has 0 aliphatic carbocycles. The Labute approximate surface area is 302 Å². The summed E-state index contributed by atoms with van der Waals surface area (Å²) in [6, 6.07) is 0. The van der Waals surface area contributed by atoms with Gasteiger partial charge in [-0.2, -0.15) is 0 Å². The minimum atomic E-state index is -2.02. The Morgan fingerprint density at radius 3 is 0.532 bits per heavy atom. The van der Waals surface area contributed by atoms with Gasteiger partial charge in [0, 0.05) is 0 Å². The van der Waals surface area contributed by atoms with E-state index in [1.54, 1.807) is 87.8 Å². The molecular formula is C45H98P2. The van der Waals surface area contributed by atoms with Crippen LogP contribution in [0.4, 0.5) is 0 Å². The van der Waals surface area contributed by atoms with E-state index in [1.165, 1.54) is 148 Å². The number of rotatable bonds is 38. The molecule has 0 aliphatic rings. The van der Waals surface area contributed by atoms with E-state index < -0.39 is 12.6 Å². The second-order valence-corrected chi connectivity index (χ2v) is 35.3. The predicted octanol–water partition coefficient (Wildman–Crippen LogP) is 17.5. The number of unbranched alkanes of at least 4 members (excludes halogenated alkanes) is 23. The van der Waals surface area contributed by atoms with Gasteiger partial charge < -0.3 is 0 Å². The molecule has 0 radical (unpaired) electrons. The Bertz CT molecular complexity index is 657. The monoisotopic (exact) mass is 701 g/mol. The van der Waals surface area contributed by atoms with Crippen molar-refractivity contribution in [1.29, 1.82) is 0 Å². The molecule has 0 unspecified atom stereocenters. The fourth-order valence-electron chi connectivity index (χ4n) is 10.7. The second kappa shape index (κ2) is 29.4. The molecule has 0 atom stereocenters. The zero-order valence-corrected chi connectivity index (χ0v) is 36.8. The minimum absolute atomic E-state index is 1.38. The maximum atomic E-state index is 2.83. The summed E-state index contributed by atoms with van der Waals surface area (Å²) < 4.78 is 0. The first-order chi connectivity index (χ1) is 22.9. The van der Waals surface area contributed by atoms with Crippen molar-refractivity contribution in [3.05, 3.63) is 0 Å². The van der Waals surface area contributed by atoms with Crippen LogP contribution in [0, 0.1) is 0 Å². The van der Waals surface area contributed by atoms with E-state index in [1.807, 2.05) is 0 Å². The van der Waals surface area contributed by atoms with Gasteiger partial charge >= 0.3 is 303 Å². The van der Waals surface area contributed by atoms with E-state index in [2.05, 4.69) is 55.4 Å². The molecule has 0 fully saturated rings. The average molecular weight is 701 g/mol. The van der Waals surface area contributed by atoms with Crippen molar-refractivity contribution in [1.82, 2.24) is 0 Å². The average Bonchev–Trinajstić information content (AvgIpc) is 3.09. The van der Waals surface area contributed by atoms with Crippen molar-refractivity contribution >= 4 is 12.6 Å². The van der Waals surface area contributed by atoms with Crippen molar-refractivity contribution in [2.45, 2.75) is 242 Å². The van der Waals surface area contributed by atoms with Gasteiger partial charge in [-0.1, -0.05) is 0 Å². The molecule has 2 heteroatoms. The Morgan fingerprint density at radius 1 is 0.191 bits per heavy atom. The molecule has 47 heavy (non-hydrogen) atoms. The molecule has 288 valence electrons. The normalized spacial score (nSPS) is 14.2. The first-order valence-electron chi connectivity index (χ1n) is 22.9. The van der Waals surface area contributed by atoms with E-state index >= 15 is 0 Å². The van der Waals surface area contributed by atoms with Crippen LogP contribution in [0.2, 0.25) is 0 Å². The number of hydrogen-bond acceptors (Lipinski definition) is 0. The van der Waals surface area contributed by atoms with E-state index in [4.69, 9.17) is 0 Å². The van der Waals surface area contributed by atoms with Crippen LogP contribution in [0.15, 0.2) is 0 Å². The molecule has 0 amide bonds. The van der Waals surface area contributed by atoms with E-state index in [9.17, 15) is 0 Å². The van der Waals surface area contributed by atoms with Crippen LogP contribution in [0.1, 0.15) is 242 Å². The molecule has 0 N–H and O–H groups in total. The molecule has 0 spiro atoms. The molecule has 0 aromatic carbocycles. The molecule has 0 nitrogen and oxygen atoms in total. The summed E-state index contributed by atoms with van der Waals surface area (Å²) in [6.07, 6.45) is 52.6. The predicted molar refractivity (Wildman–Crippen MR) is 232 cm³/mol. The summed E-state index contributed by atoms with van der Waals surface area (Å²) in [6.45, 7) is 20.2. The van der Waals surface area contributed by atoms with Crippen LogP contribution in [0.5, 0.6) is 0 Å². The van der Waals surface area contributed by atoms with Gasteiger partial charge in [-0.25, -0.2) is 0 Å². The van der Waals surface area contributed by atoms with Gasteiger partial charge in [-0.3, -0.25) is 0 Å². The van der Waals surface area contributed by atoms with Gasteiger partial charge in [0.15, 0.2) is 0 Å². The Balaban J connectivity index is 7.23. The first-order valence-corrected chi connectivity index (χ1v) is 29.5. The second-order valence-electron chi connectivity index (χ2n) is 16.9. The van der Waals surface area contributed by atoms with Gasteiger partial charge in [0.2, 0.25) is 0 Å². The molecule has 0 rings (SSSR count). The Morgan fingerprint density at radius 2 is 0.340 bits per heavy atom.